The van der Waals surface area contributed by atoms with E-state index in [1.165, 1.54) is 18.4 Å². The number of rotatable bonds is 7. The fraction of sp³-hybridized carbons (Fsp3) is 0.476. The van der Waals surface area contributed by atoms with E-state index in [1.54, 1.807) is 6.07 Å². The average molecular weight is 326 g/mol. The van der Waals surface area contributed by atoms with Crippen molar-refractivity contribution in [3.05, 3.63) is 69.3 Å². The Bertz CT molecular complexity index is 703. The molecule has 0 amide bonds. The summed E-state index contributed by atoms with van der Waals surface area (Å²) in [6, 6.07) is 12.2. The minimum absolute atomic E-state index is 0.0362. The summed E-state index contributed by atoms with van der Waals surface area (Å²) in [6.07, 6.45) is 8.12. The number of fused-ring (bicyclic) bond motifs is 1. The van der Waals surface area contributed by atoms with Gasteiger partial charge in [0, 0.05) is 18.1 Å². The first kappa shape index (κ1) is 17.0. The number of benzene rings is 1. The predicted molar refractivity (Wildman–Crippen MR) is 95.2 cm³/mol. The highest BCUT2D eigenvalue weighted by molar-refractivity contribution is 5.24. The van der Waals surface area contributed by atoms with Crippen LogP contribution in [0.3, 0.4) is 0 Å². The molecule has 0 saturated carbocycles. The van der Waals surface area contributed by atoms with Crippen LogP contribution in [0.15, 0.2) is 45.6 Å². The van der Waals surface area contributed by atoms with E-state index in [0.29, 0.717) is 17.7 Å². The molecule has 1 aromatic heterocycles. The summed E-state index contributed by atoms with van der Waals surface area (Å²) in [7, 11) is 0. The molecule has 2 aromatic rings. The summed E-state index contributed by atoms with van der Waals surface area (Å²) in [5.41, 5.74) is 2.11. The van der Waals surface area contributed by atoms with E-state index < -0.39 is 6.10 Å². The summed E-state index contributed by atoms with van der Waals surface area (Å²) in [5.74, 6) is 1.25. The Balaban J connectivity index is 1.45. The summed E-state index contributed by atoms with van der Waals surface area (Å²) in [5, 5.41) is 10.0. The lowest BCUT2D eigenvalue weighted by atomic mass is 9.94. The lowest BCUT2D eigenvalue weighted by Gasteiger charge is -2.19. The van der Waals surface area contributed by atoms with Crippen LogP contribution < -0.4 is 5.43 Å². The maximum Gasteiger partial charge on any atom is 0.188 e. The Morgan fingerprint density at radius 3 is 2.58 bits per heavy atom. The summed E-state index contributed by atoms with van der Waals surface area (Å²) < 4.78 is 5.82. The molecule has 24 heavy (non-hydrogen) atoms. The van der Waals surface area contributed by atoms with Gasteiger partial charge in [0.05, 0.1) is 0 Å². The monoisotopic (exact) mass is 326 g/mol. The maximum absolute atomic E-state index is 12.2. The molecule has 0 unspecified atom stereocenters. The zero-order valence-electron chi connectivity index (χ0n) is 14.2. The Hall–Kier alpha value is -1.87. The van der Waals surface area contributed by atoms with Gasteiger partial charge in [-0.3, -0.25) is 4.79 Å². The first-order valence-corrected chi connectivity index (χ1v) is 9.12. The molecule has 0 radical (unpaired) electrons. The van der Waals surface area contributed by atoms with Crippen molar-refractivity contribution in [3.63, 3.8) is 0 Å². The zero-order chi connectivity index (χ0) is 16.8. The molecular formula is C21H26O3. The fourth-order valence-corrected chi connectivity index (χ4v) is 3.46. The molecule has 1 N–H and O–H groups in total. The second-order valence-corrected chi connectivity index (χ2v) is 6.73. The third kappa shape index (κ3) is 4.35. The van der Waals surface area contributed by atoms with E-state index in [-0.39, 0.29) is 5.43 Å². The molecule has 1 aliphatic rings. The van der Waals surface area contributed by atoms with E-state index in [2.05, 4.69) is 24.3 Å². The van der Waals surface area contributed by atoms with Gasteiger partial charge in [-0.2, -0.15) is 0 Å². The summed E-state index contributed by atoms with van der Waals surface area (Å²) >= 11 is 0. The maximum atomic E-state index is 12.2. The minimum atomic E-state index is -0.604. The number of aliphatic hydroxyl groups excluding tert-OH is 1. The normalized spacial score (nSPS) is 16.8. The van der Waals surface area contributed by atoms with Crippen molar-refractivity contribution in [2.75, 3.05) is 0 Å². The van der Waals surface area contributed by atoms with E-state index in [0.717, 1.165) is 44.3 Å². The smallest absolute Gasteiger partial charge is 0.188 e. The molecule has 128 valence electrons. The van der Waals surface area contributed by atoms with Gasteiger partial charge in [-0.15, -0.1) is 0 Å². The Morgan fingerprint density at radius 2 is 1.79 bits per heavy atom. The molecule has 1 aliphatic carbocycles. The topological polar surface area (TPSA) is 50.4 Å². The summed E-state index contributed by atoms with van der Waals surface area (Å²) in [6.45, 7) is 0. The third-order valence-corrected chi connectivity index (χ3v) is 4.82. The van der Waals surface area contributed by atoms with Crippen molar-refractivity contribution < 1.29 is 9.52 Å². The van der Waals surface area contributed by atoms with Gasteiger partial charge in [0.15, 0.2) is 5.43 Å². The fourth-order valence-electron chi connectivity index (χ4n) is 3.46. The van der Waals surface area contributed by atoms with E-state index in [9.17, 15) is 9.90 Å². The van der Waals surface area contributed by atoms with Gasteiger partial charge in [0.25, 0.3) is 0 Å². The van der Waals surface area contributed by atoms with Crippen molar-refractivity contribution in [2.24, 2.45) is 0 Å². The number of hydrogen-bond donors (Lipinski definition) is 1. The van der Waals surface area contributed by atoms with Crippen molar-refractivity contribution >= 4 is 0 Å². The van der Waals surface area contributed by atoms with Gasteiger partial charge in [-0.25, -0.2) is 0 Å². The highest BCUT2D eigenvalue weighted by atomic mass is 16.4. The van der Waals surface area contributed by atoms with Crippen LogP contribution in [0.25, 0.3) is 0 Å². The number of hydrogen-bond acceptors (Lipinski definition) is 3. The first-order chi connectivity index (χ1) is 11.7. The molecule has 3 heteroatoms. The molecule has 3 rings (SSSR count). The van der Waals surface area contributed by atoms with Gasteiger partial charge in [0.2, 0.25) is 0 Å². The van der Waals surface area contributed by atoms with E-state index in [4.69, 9.17) is 4.42 Å². The molecule has 1 atom stereocenters. The molecule has 0 saturated heterocycles. The Labute approximate surface area is 143 Å². The lowest BCUT2D eigenvalue weighted by Crippen LogP contribution is -2.19. The molecule has 0 fully saturated rings. The molecule has 0 spiro atoms. The number of aryl methyl sites for hydroxylation is 2. The van der Waals surface area contributed by atoms with Crippen LogP contribution in [-0.2, 0) is 19.3 Å². The van der Waals surface area contributed by atoms with Crippen LogP contribution in [0.5, 0.6) is 0 Å². The van der Waals surface area contributed by atoms with Crippen molar-refractivity contribution in [1.82, 2.24) is 0 Å². The SMILES string of the molecule is O=c1cc(CCCCCCc2ccccc2)oc2c1CCC[C@H]2O. The van der Waals surface area contributed by atoms with Crippen LogP contribution in [0.2, 0.25) is 0 Å². The highest BCUT2D eigenvalue weighted by Gasteiger charge is 2.23. The van der Waals surface area contributed by atoms with Gasteiger partial charge in [-0.05, 0) is 44.1 Å². The largest absolute Gasteiger partial charge is 0.463 e. The zero-order valence-corrected chi connectivity index (χ0v) is 14.2. The standard InChI is InChI=1S/C21H26O3/c22-19-14-8-13-18-20(23)15-17(24-21(18)19)12-7-2-1-4-9-16-10-5-3-6-11-16/h3,5-6,10-11,15,19,22H,1-2,4,7-9,12-14H2/t19-/m1/s1. The van der Waals surface area contributed by atoms with Gasteiger partial charge >= 0.3 is 0 Å². The molecule has 3 nitrogen and oxygen atoms in total. The second-order valence-electron chi connectivity index (χ2n) is 6.73. The molecule has 0 bridgehead atoms. The molecule has 0 aliphatic heterocycles. The average Bonchev–Trinajstić information content (AvgIpc) is 2.60. The van der Waals surface area contributed by atoms with Crippen LogP contribution in [0, 0.1) is 0 Å². The minimum Gasteiger partial charge on any atom is -0.463 e. The van der Waals surface area contributed by atoms with Gasteiger partial charge in [-0.1, -0.05) is 43.2 Å². The van der Waals surface area contributed by atoms with Gasteiger partial charge < -0.3 is 9.52 Å². The van der Waals surface area contributed by atoms with E-state index >= 15 is 0 Å². The van der Waals surface area contributed by atoms with E-state index in [1.807, 2.05) is 6.07 Å². The van der Waals surface area contributed by atoms with Crippen LogP contribution in [0.1, 0.15) is 67.3 Å². The first-order valence-electron chi connectivity index (χ1n) is 9.12. The number of aliphatic hydroxyl groups is 1. The van der Waals surface area contributed by atoms with Crippen molar-refractivity contribution in [2.45, 2.75) is 63.9 Å². The van der Waals surface area contributed by atoms with Crippen LogP contribution in [-0.4, -0.2) is 5.11 Å². The predicted octanol–water partition coefficient (Wildman–Crippen LogP) is 4.36. The lowest BCUT2D eigenvalue weighted by molar-refractivity contribution is 0.122. The second kappa shape index (κ2) is 8.29. The Kier molecular flexibility index (Phi) is 5.86. The summed E-state index contributed by atoms with van der Waals surface area (Å²) in [4.78, 5) is 12.2. The van der Waals surface area contributed by atoms with Crippen LogP contribution in [0.4, 0.5) is 0 Å². The highest BCUT2D eigenvalue weighted by Crippen LogP contribution is 2.28. The van der Waals surface area contributed by atoms with Crippen LogP contribution >= 0.6 is 0 Å². The third-order valence-electron chi connectivity index (χ3n) is 4.82. The quantitative estimate of drug-likeness (QED) is 0.769. The van der Waals surface area contributed by atoms with Gasteiger partial charge in [0.1, 0.15) is 17.6 Å². The molecular weight excluding hydrogens is 300 g/mol. The molecule has 1 heterocycles. The van der Waals surface area contributed by atoms with Crippen molar-refractivity contribution in [3.8, 4) is 0 Å². The number of unbranched alkanes of at least 4 members (excludes halogenated alkanes) is 3. The molecule has 1 aromatic carbocycles. The van der Waals surface area contributed by atoms with Crippen molar-refractivity contribution in [1.29, 1.82) is 0 Å². The Morgan fingerprint density at radius 1 is 1.04 bits per heavy atom.